The topological polar surface area (TPSA) is 209 Å². The fraction of sp³-hybridized carbons (Fsp3) is 0.182. The standard InChI is InChI=1S/C11H11N11O4/c1-4(14-17-11(23)8-6(22(24)25)3-13-15-8)7-5(2)21(20-16-7)10-9(12)18-26-19-10/h3H,1-2H3,(H2,12,18)(H,13,15)(H,17,23)/b14-4+. The van der Waals surface area contributed by atoms with Crippen LogP contribution in [0.1, 0.15) is 28.8 Å². The quantitative estimate of drug-likeness (QED) is 0.296. The molecule has 0 unspecified atom stereocenters. The molecule has 0 aromatic carbocycles. The summed E-state index contributed by atoms with van der Waals surface area (Å²) in [7, 11) is 0. The van der Waals surface area contributed by atoms with Crippen molar-refractivity contribution < 1.29 is 14.3 Å². The van der Waals surface area contributed by atoms with Gasteiger partial charge in [-0.05, 0) is 24.2 Å². The molecule has 4 N–H and O–H groups in total. The summed E-state index contributed by atoms with van der Waals surface area (Å²) in [6.45, 7) is 3.23. The molecule has 0 aliphatic carbocycles. The fourth-order valence-electron chi connectivity index (χ4n) is 2.03. The monoisotopic (exact) mass is 361 g/mol. The van der Waals surface area contributed by atoms with Crippen molar-refractivity contribution in [2.45, 2.75) is 13.8 Å². The van der Waals surface area contributed by atoms with Gasteiger partial charge in [-0.1, -0.05) is 5.21 Å². The van der Waals surface area contributed by atoms with Gasteiger partial charge in [-0.3, -0.25) is 20.0 Å². The van der Waals surface area contributed by atoms with Crippen molar-refractivity contribution in [3.05, 3.63) is 33.4 Å². The molecule has 1 amide bonds. The second kappa shape index (κ2) is 6.38. The van der Waals surface area contributed by atoms with E-state index < -0.39 is 16.5 Å². The number of H-pyrrole nitrogens is 1. The molecule has 15 heteroatoms. The van der Waals surface area contributed by atoms with Crippen LogP contribution in [0, 0.1) is 17.0 Å². The van der Waals surface area contributed by atoms with Crippen LogP contribution in [0.15, 0.2) is 15.9 Å². The highest BCUT2D eigenvalue weighted by Crippen LogP contribution is 2.16. The highest BCUT2D eigenvalue weighted by molar-refractivity contribution is 6.00. The van der Waals surface area contributed by atoms with E-state index in [2.05, 4.69) is 46.0 Å². The van der Waals surface area contributed by atoms with Gasteiger partial charge in [0.2, 0.25) is 17.3 Å². The Morgan fingerprint density at radius 2 is 2.27 bits per heavy atom. The Kier molecular flexibility index (Phi) is 4.09. The second-order valence-corrected chi connectivity index (χ2v) is 4.93. The summed E-state index contributed by atoms with van der Waals surface area (Å²) in [5, 5.41) is 35.3. The predicted octanol–water partition coefficient (Wildman–Crippen LogP) is -0.674. The van der Waals surface area contributed by atoms with Gasteiger partial charge in [0.25, 0.3) is 5.91 Å². The van der Waals surface area contributed by atoms with E-state index in [0.29, 0.717) is 17.1 Å². The first kappa shape index (κ1) is 16.7. The van der Waals surface area contributed by atoms with Gasteiger partial charge < -0.3 is 5.73 Å². The molecule has 0 saturated heterocycles. The average molecular weight is 361 g/mol. The molecule has 3 aromatic rings. The normalized spacial score (nSPS) is 11.5. The number of nitrogens with two attached hydrogens (primary N) is 1. The number of nitrogens with one attached hydrogen (secondary N) is 2. The molecule has 26 heavy (non-hydrogen) atoms. The summed E-state index contributed by atoms with van der Waals surface area (Å²) in [6.07, 6.45) is 0.928. The highest BCUT2D eigenvalue weighted by Gasteiger charge is 2.23. The van der Waals surface area contributed by atoms with Crippen molar-refractivity contribution in [3.8, 4) is 5.82 Å². The van der Waals surface area contributed by atoms with E-state index in [9.17, 15) is 14.9 Å². The molecule has 3 aromatic heterocycles. The fourth-order valence-corrected chi connectivity index (χ4v) is 2.03. The lowest BCUT2D eigenvalue weighted by Gasteiger charge is -2.01. The maximum absolute atomic E-state index is 12.0. The molecule has 0 atom stereocenters. The Bertz CT molecular complexity index is 1010. The van der Waals surface area contributed by atoms with Gasteiger partial charge in [0, 0.05) is 0 Å². The summed E-state index contributed by atoms with van der Waals surface area (Å²) in [5.41, 5.74) is 8.15. The molecule has 0 spiro atoms. The van der Waals surface area contributed by atoms with Gasteiger partial charge in [-0.2, -0.15) is 14.9 Å². The van der Waals surface area contributed by atoms with Crippen LogP contribution in [0.5, 0.6) is 0 Å². The maximum atomic E-state index is 12.0. The van der Waals surface area contributed by atoms with E-state index in [1.165, 1.54) is 4.68 Å². The van der Waals surface area contributed by atoms with E-state index in [0.717, 1.165) is 6.20 Å². The van der Waals surface area contributed by atoms with Crippen LogP contribution in [0.4, 0.5) is 11.5 Å². The molecular formula is C11H11N11O4. The molecule has 0 aliphatic heterocycles. The lowest BCUT2D eigenvalue weighted by Crippen LogP contribution is -2.21. The van der Waals surface area contributed by atoms with Gasteiger partial charge >= 0.3 is 5.69 Å². The number of hydrazone groups is 1. The Labute approximate surface area is 143 Å². The molecule has 0 saturated carbocycles. The van der Waals surface area contributed by atoms with Crippen molar-refractivity contribution in [2.75, 3.05) is 5.73 Å². The zero-order valence-corrected chi connectivity index (χ0v) is 13.4. The zero-order valence-electron chi connectivity index (χ0n) is 13.4. The van der Waals surface area contributed by atoms with Gasteiger partial charge in [0.05, 0.1) is 16.3 Å². The van der Waals surface area contributed by atoms with Crippen molar-refractivity contribution in [1.29, 1.82) is 0 Å². The molecule has 0 fully saturated rings. The first-order valence-electron chi connectivity index (χ1n) is 6.93. The number of carbonyl (C=O) groups excluding carboxylic acids is 1. The SMILES string of the molecule is C/C(=N\NC(=O)c1[nH]ncc1[N+](=O)[O-])c1nnn(-c2nonc2N)c1C. The summed E-state index contributed by atoms with van der Waals surface area (Å²) in [4.78, 5) is 22.1. The number of hydrogen-bond acceptors (Lipinski definition) is 11. The molecule has 3 heterocycles. The number of nitrogens with zero attached hydrogens (tertiary/aromatic N) is 8. The smallest absolute Gasteiger partial charge is 0.319 e. The van der Waals surface area contributed by atoms with Crippen molar-refractivity contribution in [3.63, 3.8) is 0 Å². The number of nitro groups is 1. The number of carbonyl (C=O) groups is 1. The lowest BCUT2D eigenvalue weighted by atomic mass is 10.2. The number of aromatic nitrogens is 7. The Balaban J connectivity index is 1.81. The Morgan fingerprint density at radius 3 is 2.92 bits per heavy atom. The van der Waals surface area contributed by atoms with E-state index in [4.69, 9.17) is 5.73 Å². The predicted molar refractivity (Wildman–Crippen MR) is 83.3 cm³/mol. The third-order valence-corrected chi connectivity index (χ3v) is 3.30. The van der Waals surface area contributed by atoms with E-state index in [1.54, 1.807) is 13.8 Å². The maximum Gasteiger partial charge on any atom is 0.319 e. The van der Waals surface area contributed by atoms with E-state index in [-0.39, 0.29) is 17.3 Å². The van der Waals surface area contributed by atoms with Crippen LogP contribution in [0.3, 0.4) is 0 Å². The van der Waals surface area contributed by atoms with Crippen molar-refractivity contribution in [2.24, 2.45) is 5.10 Å². The van der Waals surface area contributed by atoms with Crippen LogP contribution in [0.25, 0.3) is 5.82 Å². The van der Waals surface area contributed by atoms with Crippen LogP contribution in [0.2, 0.25) is 0 Å². The minimum atomic E-state index is -0.830. The molecule has 134 valence electrons. The number of amides is 1. The number of anilines is 1. The molecule has 0 bridgehead atoms. The van der Waals surface area contributed by atoms with Crippen molar-refractivity contribution in [1.82, 2.24) is 40.9 Å². The molecule has 15 nitrogen and oxygen atoms in total. The largest absolute Gasteiger partial charge is 0.378 e. The zero-order chi connectivity index (χ0) is 18.8. The summed E-state index contributed by atoms with van der Waals surface area (Å²) >= 11 is 0. The van der Waals surface area contributed by atoms with E-state index in [1.807, 2.05) is 0 Å². The summed E-state index contributed by atoms with van der Waals surface area (Å²) in [5.74, 6) is -0.645. The molecule has 3 rings (SSSR count). The number of rotatable bonds is 5. The first-order valence-corrected chi connectivity index (χ1v) is 6.93. The van der Waals surface area contributed by atoms with Gasteiger partial charge in [-0.25, -0.2) is 10.1 Å². The number of nitrogen functional groups attached to an aromatic ring is 1. The highest BCUT2D eigenvalue weighted by atomic mass is 16.6. The minimum Gasteiger partial charge on any atom is -0.378 e. The Morgan fingerprint density at radius 1 is 1.50 bits per heavy atom. The average Bonchev–Trinajstić information content (AvgIpc) is 3.31. The van der Waals surface area contributed by atoms with Gasteiger partial charge in [0.15, 0.2) is 0 Å². The minimum absolute atomic E-state index is 0.0269. The first-order chi connectivity index (χ1) is 12.4. The van der Waals surface area contributed by atoms with E-state index >= 15 is 0 Å². The lowest BCUT2D eigenvalue weighted by molar-refractivity contribution is -0.385. The Hall–Kier alpha value is -4.17. The van der Waals surface area contributed by atoms with Gasteiger partial charge in [0.1, 0.15) is 11.9 Å². The third-order valence-electron chi connectivity index (χ3n) is 3.30. The summed E-state index contributed by atoms with van der Waals surface area (Å²) < 4.78 is 5.80. The van der Waals surface area contributed by atoms with Gasteiger partial charge in [-0.15, -0.1) is 5.10 Å². The second-order valence-electron chi connectivity index (χ2n) is 4.93. The van der Waals surface area contributed by atoms with Crippen LogP contribution in [-0.4, -0.2) is 52.0 Å². The van der Waals surface area contributed by atoms with Crippen LogP contribution >= 0.6 is 0 Å². The van der Waals surface area contributed by atoms with Crippen molar-refractivity contribution >= 4 is 23.1 Å². The van der Waals surface area contributed by atoms with Crippen LogP contribution in [-0.2, 0) is 0 Å². The summed E-state index contributed by atoms with van der Waals surface area (Å²) in [6, 6.07) is 0. The molecular weight excluding hydrogens is 350 g/mol. The molecule has 0 radical (unpaired) electrons. The molecule has 0 aliphatic rings. The number of aromatic amines is 1. The third kappa shape index (κ3) is 2.83. The van der Waals surface area contributed by atoms with Crippen LogP contribution < -0.4 is 11.2 Å². The number of hydrogen-bond donors (Lipinski definition) is 3.